The van der Waals surface area contributed by atoms with Crippen LogP contribution < -0.4 is 21.8 Å². The number of nitrogens with zero attached hydrogens (tertiary/aromatic N) is 3. The van der Waals surface area contributed by atoms with Crippen LogP contribution in [-0.4, -0.2) is 78.2 Å². The van der Waals surface area contributed by atoms with Gasteiger partial charge in [-0.1, -0.05) is 60.7 Å². The smallest absolute Gasteiger partial charge is 0.353 e. The summed E-state index contributed by atoms with van der Waals surface area (Å²) in [7, 11) is 0. The Morgan fingerprint density at radius 3 is 1.49 bits per heavy atom. The van der Waals surface area contributed by atoms with E-state index in [1.165, 1.54) is 51.9 Å². The molecule has 6 aromatic rings. The number of ether oxygens (including phenoxy) is 1. The molecule has 0 fully saturated rings. The zero-order valence-corrected chi connectivity index (χ0v) is 36.5. The van der Waals surface area contributed by atoms with Crippen molar-refractivity contribution in [1.82, 2.24) is 20.4 Å². The van der Waals surface area contributed by atoms with E-state index in [-0.39, 0.29) is 22.9 Å². The summed E-state index contributed by atoms with van der Waals surface area (Å²) in [6.07, 6.45) is 1.11. The molecular formula is C44H36N6O9S4. The number of nitrogens with two attached hydrogens (primary N) is 1. The van der Waals surface area contributed by atoms with Crippen LogP contribution in [0.1, 0.15) is 29.4 Å². The topological polar surface area (TPSA) is 236 Å². The van der Waals surface area contributed by atoms with E-state index >= 15 is 0 Å². The number of cyclic esters (lactones) is 2. The number of imide groups is 1. The van der Waals surface area contributed by atoms with E-state index in [0.29, 0.717) is 48.9 Å². The van der Waals surface area contributed by atoms with E-state index in [1.54, 1.807) is 18.2 Å². The Bertz CT molecular complexity index is 2940. The van der Waals surface area contributed by atoms with Gasteiger partial charge in [-0.05, 0) is 47.5 Å². The van der Waals surface area contributed by atoms with Crippen LogP contribution in [0.25, 0.3) is 21.5 Å². The molecule has 2 amide bonds. The molecule has 15 nitrogen and oxygen atoms in total. The lowest BCUT2D eigenvalue weighted by Gasteiger charge is -2.16. The van der Waals surface area contributed by atoms with E-state index in [0.717, 1.165) is 68.9 Å². The molecular weight excluding hydrogens is 885 g/mol. The number of aromatic nitrogens is 4. The Hall–Kier alpha value is -6.41. The van der Waals surface area contributed by atoms with E-state index in [1.807, 2.05) is 78.9 Å². The van der Waals surface area contributed by atoms with Crippen LogP contribution in [-0.2, 0) is 41.6 Å². The molecule has 2 aromatic heterocycles. The van der Waals surface area contributed by atoms with Gasteiger partial charge in [0.15, 0.2) is 0 Å². The number of anilines is 2. The van der Waals surface area contributed by atoms with Gasteiger partial charge in [0.1, 0.15) is 9.81 Å². The van der Waals surface area contributed by atoms with Crippen LogP contribution in [0.2, 0.25) is 0 Å². The zero-order valence-electron chi connectivity index (χ0n) is 33.2. The Morgan fingerprint density at radius 2 is 1.03 bits per heavy atom. The molecule has 0 radical (unpaired) electrons. The van der Waals surface area contributed by atoms with Crippen molar-refractivity contribution in [3.63, 3.8) is 0 Å². The maximum atomic E-state index is 12.8. The largest absolute Gasteiger partial charge is 0.481 e. The van der Waals surface area contributed by atoms with Gasteiger partial charge in [0.25, 0.3) is 28.9 Å². The molecule has 10 rings (SSSR count). The fraction of sp³-hybridized carbons (Fsp3) is 0.159. The van der Waals surface area contributed by atoms with Crippen molar-refractivity contribution in [2.45, 2.75) is 19.8 Å². The van der Waals surface area contributed by atoms with Crippen molar-refractivity contribution in [2.24, 2.45) is 0 Å². The molecule has 63 heavy (non-hydrogen) atoms. The Kier molecular flexibility index (Phi) is 14.3. The van der Waals surface area contributed by atoms with E-state index in [2.05, 4.69) is 25.1 Å². The van der Waals surface area contributed by atoms with Crippen molar-refractivity contribution >= 4 is 110 Å². The van der Waals surface area contributed by atoms with E-state index in [9.17, 15) is 28.8 Å². The molecule has 320 valence electrons. The molecule has 4 aliphatic heterocycles. The number of carbonyl (C=O) groups excluding carboxylic acids is 4. The zero-order chi connectivity index (χ0) is 44.6. The molecule has 0 atom stereocenters. The standard InChI is InChI=1S/C21H15N3O3S2.C15H13N3O.C6H4O3S2.C2H4O2/c25-19-15-7-2-1-6-14(15)16(22-23-19)11-12-4-3-5-13(10-12)24-20(26)17-18(21(24)27)29-9-8-28-17;16-11-5-3-4-10(8-11)9-14-12-6-1-2-7-13(12)15(19)18-17-14;7-5-3-4(6(8)9-5)11-2-1-10-3;1-2(3)4/h1-7,10H,8-9,11H2,(H,23,25);1-8H,9,16H2,(H,18,19);1-2H2;1H3,(H,3,4). The molecule has 0 spiro atoms. The number of amides is 2. The fourth-order valence-electron chi connectivity index (χ4n) is 6.67. The second-order valence-corrected chi connectivity index (χ2v) is 18.1. The Morgan fingerprint density at radius 1 is 0.619 bits per heavy atom. The first kappa shape index (κ1) is 44.6. The molecule has 4 aliphatic rings. The van der Waals surface area contributed by atoms with Gasteiger partial charge in [-0.3, -0.25) is 24.0 Å². The van der Waals surface area contributed by atoms with Gasteiger partial charge in [-0.15, -0.1) is 47.0 Å². The number of esters is 2. The highest BCUT2D eigenvalue weighted by molar-refractivity contribution is 8.11. The molecule has 0 saturated carbocycles. The second kappa shape index (κ2) is 20.2. The molecule has 0 unspecified atom stereocenters. The minimum absolute atomic E-state index is 0.160. The third-order valence-electron chi connectivity index (χ3n) is 9.33. The number of rotatable bonds is 5. The number of aromatic amines is 2. The number of carboxylic acids is 1. The summed E-state index contributed by atoms with van der Waals surface area (Å²) in [5.74, 6) is 1.17. The minimum Gasteiger partial charge on any atom is -0.481 e. The summed E-state index contributed by atoms with van der Waals surface area (Å²) in [5.41, 5.74) is 10.2. The molecule has 0 aliphatic carbocycles. The summed E-state index contributed by atoms with van der Waals surface area (Å²) >= 11 is 5.73. The summed E-state index contributed by atoms with van der Waals surface area (Å²) in [6, 6.07) is 29.8. The highest BCUT2D eigenvalue weighted by Crippen LogP contribution is 2.42. The maximum absolute atomic E-state index is 12.8. The third-order valence-corrected chi connectivity index (χ3v) is 14.4. The highest BCUT2D eigenvalue weighted by atomic mass is 32.2. The minimum atomic E-state index is -0.833. The van der Waals surface area contributed by atoms with Gasteiger partial charge in [-0.25, -0.2) is 24.7 Å². The van der Waals surface area contributed by atoms with Gasteiger partial charge in [0.05, 0.1) is 37.7 Å². The first-order valence-electron chi connectivity index (χ1n) is 19.1. The number of fused-ring (bicyclic) bond motifs is 2. The van der Waals surface area contributed by atoms with Gasteiger partial charge in [-0.2, -0.15) is 10.2 Å². The number of hydrogen-bond donors (Lipinski definition) is 4. The molecule has 19 heteroatoms. The van der Waals surface area contributed by atoms with Gasteiger partial charge in [0, 0.05) is 59.2 Å². The number of aliphatic carboxylic acids is 1. The van der Waals surface area contributed by atoms with Crippen molar-refractivity contribution in [3.8, 4) is 0 Å². The average Bonchev–Trinajstić information content (AvgIpc) is 3.72. The average molecular weight is 921 g/mol. The SMILES string of the molecule is CC(=O)O.Nc1cccc(Cc2n[nH]c(=O)c3ccccc23)c1.O=C1C2=C(SCCS2)C(=O)N1c1cccc(Cc2n[nH]c(=O)c3ccccc23)c1.O=C1OC(=O)C2=C1SCCS2. The van der Waals surface area contributed by atoms with Gasteiger partial charge >= 0.3 is 11.9 Å². The molecule has 0 bridgehead atoms. The molecule has 6 heterocycles. The number of thioether (sulfide) groups is 4. The van der Waals surface area contributed by atoms with Gasteiger partial charge < -0.3 is 15.6 Å². The van der Waals surface area contributed by atoms with Crippen LogP contribution in [0.3, 0.4) is 0 Å². The highest BCUT2D eigenvalue weighted by Gasteiger charge is 2.41. The third kappa shape index (κ3) is 10.5. The number of nitrogen functional groups attached to an aromatic ring is 1. The van der Waals surface area contributed by atoms with Crippen LogP contribution in [0.5, 0.6) is 0 Å². The number of carboxylic acid groups (broad SMARTS) is 1. The van der Waals surface area contributed by atoms with Crippen LogP contribution in [0.15, 0.2) is 126 Å². The summed E-state index contributed by atoms with van der Waals surface area (Å²) in [5, 5.41) is 23.8. The van der Waals surface area contributed by atoms with Crippen LogP contribution >= 0.6 is 47.0 Å². The predicted molar refractivity (Wildman–Crippen MR) is 248 cm³/mol. The molecule has 4 aromatic carbocycles. The normalized spacial score (nSPS) is 15.4. The lowest BCUT2D eigenvalue weighted by atomic mass is 10.0. The van der Waals surface area contributed by atoms with E-state index < -0.39 is 17.9 Å². The first-order chi connectivity index (χ1) is 30.4. The summed E-state index contributed by atoms with van der Waals surface area (Å²) < 4.78 is 4.41. The van der Waals surface area contributed by atoms with Crippen molar-refractivity contribution < 1.29 is 33.8 Å². The van der Waals surface area contributed by atoms with Crippen molar-refractivity contribution in [1.29, 1.82) is 0 Å². The number of nitrogens with one attached hydrogen (secondary N) is 2. The predicted octanol–water partition coefficient (Wildman–Crippen LogP) is 6.03. The van der Waals surface area contributed by atoms with Gasteiger partial charge in [0.2, 0.25) is 0 Å². The monoisotopic (exact) mass is 920 g/mol. The van der Waals surface area contributed by atoms with Crippen LogP contribution in [0.4, 0.5) is 11.4 Å². The molecule has 5 N–H and O–H groups in total. The summed E-state index contributed by atoms with van der Waals surface area (Å²) in [4.78, 5) is 83.4. The number of H-pyrrole nitrogens is 2. The number of hydrogen-bond acceptors (Lipinski definition) is 15. The second-order valence-electron chi connectivity index (χ2n) is 13.7. The van der Waals surface area contributed by atoms with Crippen molar-refractivity contribution in [2.75, 3.05) is 33.6 Å². The lowest BCUT2D eigenvalue weighted by molar-refractivity contribution is -0.150. The Labute approximate surface area is 375 Å². The molecule has 0 saturated heterocycles. The number of benzene rings is 4. The number of carbonyl (C=O) groups is 5. The first-order valence-corrected chi connectivity index (χ1v) is 23.0. The lowest BCUT2D eigenvalue weighted by Crippen LogP contribution is -2.31. The Balaban J connectivity index is 0.000000149. The summed E-state index contributed by atoms with van der Waals surface area (Å²) in [6.45, 7) is 1.08. The van der Waals surface area contributed by atoms with E-state index in [4.69, 9.17) is 15.6 Å². The van der Waals surface area contributed by atoms with Crippen LogP contribution in [0, 0.1) is 0 Å². The quantitative estimate of drug-likeness (QED) is 0.0669. The fourth-order valence-corrected chi connectivity index (χ4v) is 11.1. The van der Waals surface area contributed by atoms with Crippen molar-refractivity contribution in [3.05, 3.63) is 160 Å². The maximum Gasteiger partial charge on any atom is 0.353 e.